The summed E-state index contributed by atoms with van der Waals surface area (Å²) in [4.78, 5) is 22.4. The van der Waals surface area contributed by atoms with Gasteiger partial charge in [-0.05, 0) is 37.1 Å². The number of aryl methyl sites for hydroxylation is 1. The number of amides is 2. The first-order valence-electron chi connectivity index (χ1n) is 6.43. The third-order valence-electron chi connectivity index (χ3n) is 2.78. The molecule has 0 radical (unpaired) electrons. The minimum Gasteiger partial charge on any atom is -0.478 e. The number of benzene rings is 1. The Morgan fingerprint density at radius 3 is 2.58 bits per heavy atom. The second-order valence-electron chi connectivity index (χ2n) is 4.42. The van der Waals surface area contributed by atoms with Gasteiger partial charge in [0.1, 0.15) is 0 Å². The zero-order valence-electron chi connectivity index (χ0n) is 11.3. The first-order chi connectivity index (χ1) is 9.04. The van der Waals surface area contributed by atoms with E-state index in [1.807, 2.05) is 0 Å². The Morgan fingerprint density at radius 1 is 1.26 bits per heavy atom. The van der Waals surface area contributed by atoms with Crippen molar-refractivity contribution in [2.45, 2.75) is 33.1 Å². The number of hydrogen-bond donors (Lipinski definition) is 3. The van der Waals surface area contributed by atoms with Crippen LogP contribution in [-0.4, -0.2) is 23.7 Å². The number of aromatic carboxylic acids is 1. The van der Waals surface area contributed by atoms with E-state index in [1.165, 1.54) is 6.07 Å². The lowest BCUT2D eigenvalue weighted by molar-refractivity contribution is 0.0696. The van der Waals surface area contributed by atoms with Crippen LogP contribution in [0, 0.1) is 6.92 Å². The Bertz CT molecular complexity index is 458. The third kappa shape index (κ3) is 4.99. The number of carbonyl (C=O) groups excluding carboxylic acids is 1. The first kappa shape index (κ1) is 15.0. The maximum absolute atomic E-state index is 11.6. The first-order valence-corrected chi connectivity index (χ1v) is 6.43. The van der Waals surface area contributed by atoms with Crippen molar-refractivity contribution in [3.05, 3.63) is 29.3 Å². The van der Waals surface area contributed by atoms with E-state index in [9.17, 15) is 9.59 Å². The molecular formula is C14H20N2O3. The van der Waals surface area contributed by atoms with Gasteiger partial charge in [-0.15, -0.1) is 0 Å². The molecule has 2 amide bonds. The third-order valence-corrected chi connectivity index (χ3v) is 2.78. The molecule has 1 aromatic carbocycles. The average Bonchev–Trinajstić information content (AvgIpc) is 2.34. The van der Waals surface area contributed by atoms with Gasteiger partial charge in [-0.2, -0.15) is 0 Å². The molecule has 1 rings (SSSR count). The van der Waals surface area contributed by atoms with Crippen molar-refractivity contribution in [1.29, 1.82) is 0 Å². The SMILES string of the molecule is CCCCCNC(=O)Nc1ccc(C(=O)O)c(C)c1. The van der Waals surface area contributed by atoms with Crippen molar-refractivity contribution >= 4 is 17.7 Å². The van der Waals surface area contributed by atoms with E-state index in [4.69, 9.17) is 5.11 Å². The van der Waals surface area contributed by atoms with Crippen LogP contribution in [0.4, 0.5) is 10.5 Å². The number of rotatable bonds is 6. The predicted molar refractivity (Wildman–Crippen MR) is 74.7 cm³/mol. The number of anilines is 1. The summed E-state index contributed by atoms with van der Waals surface area (Å²) in [5, 5.41) is 14.3. The largest absolute Gasteiger partial charge is 0.478 e. The summed E-state index contributed by atoms with van der Waals surface area (Å²) in [5.74, 6) is -0.965. The van der Waals surface area contributed by atoms with Gasteiger partial charge in [-0.1, -0.05) is 19.8 Å². The van der Waals surface area contributed by atoms with Crippen LogP contribution in [0.2, 0.25) is 0 Å². The highest BCUT2D eigenvalue weighted by Gasteiger charge is 2.08. The normalized spacial score (nSPS) is 10.0. The number of carbonyl (C=O) groups is 2. The van der Waals surface area contributed by atoms with Crippen LogP contribution in [0.5, 0.6) is 0 Å². The Labute approximate surface area is 113 Å². The molecular weight excluding hydrogens is 244 g/mol. The van der Waals surface area contributed by atoms with Crippen molar-refractivity contribution in [3.63, 3.8) is 0 Å². The molecule has 0 heterocycles. The molecule has 0 unspecified atom stereocenters. The molecule has 0 fully saturated rings. The lowest BCUT2D eigenvalue weighted by Gasteiger charge is -2.09. The van der Waals surface area contributed by atoms with Gasteiger partial charge in [-0.25, -0.2) is 9.59 Å². The van der Waals surface area contributed by atoms with Gasteiger partial charge in [0, 0.05) is 12.2 Å². The van der Waals surface area contributed by atoms with Crippen LogP contribution in [-0.2, 0) is 0 Å². The molecule has 5 heteroatoms. The molecule has 0 aliphatic heterocycles. The number of carboxylic acids is 1. The molecule has 0 atom stereocenters. The Kier molecular flexibility index (Phi) is 5.85. The number of urea groups is 1. The maximum atomic E-state index is 11.6. The van der Waals surface area contributed by atoms with Gasteiger partial charge >= 0.3 is 12.0 Å². The van der Waals surface area contributed by atoms with Crippen LogP contribution in [0.1, 0.15) is 42.1 Å². The summed E-state index contributed by atoms with van der Waals surface area (Å²) in [6.07, 6.45) is 3.16. The maximum Gasteiger partial charge on any atom is 0.335 e. The number of carboxylic acid groups (broad SMARTS) is 1. The van der Waals surface area contributed by atoms with Crippen molar-refractivity contribution in [3.8, 4) is 0 Å². The predicted octanol–water partition coefficient (Wildman–Crippen LogP) is 3.00. The number of unbranched alkanes of at least 4 members (excludes halogenated alkanes) is 2. The minimum atomic E-state index is -0.965. The van der Waals surface area contributed by atoms with Crippen molar-refractivity contribution in [1.82, 2.24) is 5.32 Å². The highest BCUT2D eigenvalue weighted by molar-refractivity contribution is 5.92. The van der Waals surface area contributed by atoms with Gasteiger partial charge in [0.15, 0.2) is 0 Å². The smallest absolute Gasteiger partial charge is 0.335 e. The topological polar surface area (TPSA) is 78.4 Å². The number of nitrogens with one attached hydrogen (secondary N) is 2. The lowest BCUT2D eigenvalue weighted by Crippen LogP contribution is -2.29. The molecule has 19 heavy (non-hydrogen) atoms. The highest BCUT2D eigenvalue weighted by Crippen LogP contribution is 2.15. The number of hydrogen-bond acceptors (Lipinski definition) is 2. The molecule has 0 bridgehead atoms. The molecule has 1 aromatic rings. The van der Waals surface area contributed by atoms with Crippen LogP contribution in [0.3, 0.4) is 0 Å². The van der Waals surface area contributed by atoms with Gasteiger partial charge in [0.2, 0.25) is 0 Å². The standard InChI is InChI=1S/C14H20N2O3/c1-3-4-5-8-15-14(19)16-11-6-7-12(13(17)18)10(2)9-11/h6-7,9H,3-5,8H2,1-2H3,(H,17,18)(H2,15,16,19). The van der Waals surface area contributed by atoms with Gasteiger partial charge in [0.25, 0.3) is 0 Å². The molecule has 0 aliphatic rings. The minimum absolute atomic E-state index is 0.244. The van der Waals surface area contributed by atoms with Crippen LogP contribution < -0.4 is 10.6 Å². The van der Waals surface area contributed by atoms with E-state index in [-0.39, 0.29) is 11.6 Å². The van der Waals surface area contributed by atoms with Crippen molar-refractivity contribution in [2.75, 3.05) is 11.9 Å². The zero-order valence-corrected chi connectivity index (χ0v) is 11.3. The summed E-state index contributed by atoms with van der Waals surface area (Å²) >= 11 is 0. The van der Waals surface area contributed by atoms with Crippen molar-refractivity contribution < 1.29 is 14.7 Å². The fourth-order valence-corrected chi connectivity index (χ4v) is 1.73. The second kappa shape index (κ2) is 7.41. The fourth-order valence-electron chi connectivity index (χ4n) is 1.73. The van der Waals surface area contributed by atoms with Gasteiger partial charge in [-0.3, -0.25) is 0 Å². The zero-order chi connectivity index (χ0) is 14.3. The summed E-state index contributed by atoms with van der Waals surface area (Å²) < 4.78 is 0. The van der Waals surface area contributed by atoms with Crippen LogP contribution >= 0.6 is 0 Å². The molecule has 3 N–H and O–H groups in total. The quantitative estimate of drug-likeness (QED) is 0.691. The Hall–Kier alpha value is -2.04. The average molecular weight is 264 g/mol. The molecule has 0 aromatic heterocycles. The summed E-state index contributed by atoms with van der Waals surface area (Å²) in [5.41, 5.74) is 1.46. The van der Waals surface area contributed by atoms with Gasteiger partial charge < -0.3 is 15.7 Å². The summed E-state index contributed by atoms with van der Waals surface area (Å²) in [6, 6.07) is 4.46. The molecule has 104 valence electrons. The Morgan fingerprint density at radius 2 is 2.00 bits per heavy atom. The summed E-state index contributed by atoms with van der Waals surface area (Å²) in [6.45, 7) is 4.45. The highest BCUT2D eigenvalue weighted by atomic mass is 16.4. The van der Waals surface area contributed by atoms with E-state index in [0.29, 0.717) is 17.8 Å². The lowest BCUT2D eigenvalue weighted by atomic mass is 10.1. The van der Waals surface area contributed by atoms with Crippen LogP contribution in [0.15, 0.2) is 18.2 Å². The van der Waals surface area contributed by atoms with E-state index in [2.05, 4.69) is 17.6 Å². The monoisotopic (exact) mass is 264 g/mol. The second-order valence-corrected chi connectivity index (χ2v) is 4.42. The summed E-state index contributed by atoms with van der Waals surface area (Å²) in [7, 11) is 0. The van der Waals surface area contributed by atoms with Crippen LogP contribution in [0.25, 0.3) is 0 Å². The molecule has 0 spiro atoms. The van der Waals surface area contributed by atoms with E-state index >= 15 is 0 Å². The Balaban J connectivity index is 2.51. The fraction of sp³-hybridized carbons (Fsp3) is 0.429. The molecule has 5 nitrogen and oxygen atoms in total. The van der Waals surface area contributed by atoms with E-state index in [0.717, 1.165) is 19.3 Å². The van der Waals surface area contributed by atoms with Crippen molar-refractivity contribution in [2.24, 2.45) is 0 Å². The molecule has 0 aliphatic carbocycles. The van der Waals surface area contributed by atoms with E-state index in [1.54, 1.807) is 19.1 Å². The molecule has 0 saturated carbocycles. The molecule has 0 saturated heterocycles. The van der Waals surface area contributed by atoms with Gasteiger partial charge in [0.05, 0.1) is 5.56 Å². The van der Waals surface area contributed by atoms with E-state index < -0.39 is 5.97 Å².